The number of hydrogen-bond donors (Lipinski definition) is 2. The number of nitrogens with one attached hydrogen (secondary N) is 1. The maximum atomic E-state index is 14.1. The first-order valence-electron chi connectivity index (χ1n) is 13.5. The Kier molecular flexibility index (Phi) is 8.47. The van der Waals surface area contributed by atoms with Crippen molar-refractivity contribution in [3.8, 4) is 11.5 Å². The van der Waals surface area contributed by atoms with Gasteiger partial charge in [-0.15, -0.1) is 0 Å². The first-order valence-corrected chi connectivity index (χ1v) is 16.5. The highest BCUT2D eigenvalue weighted by Crippen LogP contribution is 2.34. The van der Waals surface area contributed by atoms with Crippen LogP contribution in [-0.2, 0) is 24.8 Å². The van der Waals surface area contributed by atoms with Crippen LogP contribution in [0.4, 0.5) is 22.7 Å². The highest BCUT2D eigenvalue weighted by atomic mass is 32.2. The lowest BCUT2D eigenvalue weighted by molar-refractivity contribution is -0.110. The van der Waals surface area contributed by atoms with Crippen molar-refractivity contribution in [2.75, 3.05) is 31.4 Å². The average Bonchev–Trinajstić information content (AvgIpc) is 2.99. The highest BCUT2D eigenvalue weighted by Gasteiger charge is 2.36. The van der Waals surface area contributed by atoms with Crippen LogP contribution in [0.15, 0.2) is 111 Å². The number of fused-ring (bicyclic) bond motifs is 1. The molecule has 45 heavy (non-hydrogen) atoms. The second-order valence-electron chi connectivity index (χ2n) is 10.3. The van der Waals surface area contributed by atoms with Crippen molar-refractivity contribution in [1.82, 2.24) is 4.31 Å². The molecule has 1 aliphatic rings. The zero-order valence-electron chi connectivity index (χ0n) is 24.8. The first kappa shape index (κ1) is 31.4. The molecule has 0 aromatic heterocycles. The summed E-state index contributed by atoms with van der Waals surface area (Å²) in [5.41, 5.74) is 1.72. The molecule has 12 nitrogen and oxygen atoms in total. The van der Waals surface area contributed by atoms with Crippen LogP contribution in [0.1, 0.15) is 5.56 Å². The molecule has 1 aliphatic heterocycles. The van der Waals surface area contributed by atoms with Gasteiger partial charge in [-0.2, -0.15) is 0 Å². The first-order chi connectivity index (χ1) is 21.3. The van der Waals surface area contributed by atoms with E-state index in [9.17, 15) is 21.6 Å². The fraction of sp³-hybridized carbons (Fsp3) is 0.129. The van der Waals surface area contributed by atoms with E-state index >= 15 is 0 Å². The van der Waals surface area contributed by atoms with Crippen LogP contribution in [0.2, 0.25) is 0 Å². The number of primary sulfonamides is 1. The van der Waals surface area contributed by atoms with Gasteiger partial charge in [0.25, 0.3) is 15.9 Å². The number of amides is 1. The molecule has 0 fully saturated rings. The van der Waals surface area contributed by atoms with Gasteiger partial charge in [0, 0.05) is 26.8 Å². The zero-order valence-corrected chi connectivity index (χ0v) is 26.4. The second-order valence-corrected chi connectivity index (χ2v) is 13.8. The fourth-order valence-electron chi connectivity index (χ4n) is 4.45. The number of aryl methyl sites for hydroxylation is 1. The van der Waals surface area contributed by atoms with Crippen molar-refractivity contribution in [2.24, 2.45) is 15.1 Å². The molecule has 1 heterocycles. The van der Waals surface area contributed by atoms with E-state index in [0.717, 1.165) is 16.1 Å². The molecule has 4 aromatic rings. The second kappa shape index (κ2) is 12.1. The van der Waals surface area contributed by atoms with Gasteiger partial charge in [0.05, 0.1) is 22.0 Å². The predicted octanol–water partition coefficient (Wildman–Crippen LogP) is 4.58. The Balaban J connectivity index is 1.67. The van der Waals surface area contributed by atoms with Crippen LogP contribution in [0.25, 0.3) is 0 Å². The summed E-state index contributed by atoms with van der Waals surface area (Å²) in [6.07, 6.45) is 0. The predicted molar refractivity (Wildman–Crippen MR) is 174 cm³/mol. The molecule has 0 atom stereocenters. The summed E-state index contributed by atoms with van der Waals surface area (Å²) >= 11 is 0. The number of rotatable bonds is 8. The van der Waals surface area contributed by atoms with Gasteiger partial charge in [-0.25, -0.2) is 32.0 Å². The molecule has 5 rings (SSSR count). The molecule has 0 unspecified atom stereocenters. The fourth-order valence-corrected chi connectivity index (χ4v) is 6.27. The number of carbonyl (C=O) groups excluding carboxylic acids is 1. The van der Waals surface area contributed by atoms with E-state index in [1.165, 1.54) is 31.3 Å². The lowest BCUT2D eigenvalue weighted by atomic mass is 10.1. The number of ether oxygens (including phenoxy) is 1. The van der Waals surface area contributed by atoms with Crippen LogP contribution in [0.3, 0.4) is 0 Å². The van der Waals surface area contributed by atoms with Crippen LogP contribution >= 0.6 is 0 Å². The number of anilines is 2. The number of aliphatic imine (C=N–C) groups is 2. The molecular formula is C31H30N6O6S2. The topological polar surface area (TPSA) is 164 Å². The quantitative estimate of drug-likeness (QED) is 0.265. The largest absolute Gasteiger partial charge is 0.455 e. The van der Waals surface area contributed by atoms with Crippen molar-refractivity contribution >= 4 is 60.3 Å². The Bertz CT molecular complexity index is 2080. The number of carbonyl (C=O) groups is 1. The molecule has 4 aromatic carbocycles. The Labute approximate surface area is 261 Å². The third kappa shape index (κ3) is 6.57. The van der Waals surface area contributed by atoms with Crippen molar-refractivity contribution in [1.29, 1.82) is 0 Å². The van der Waals surface area contributed by atoms with E-state index in [1.807, 2.05) is 25.1 Å². The Morgan fingerprint density at radius 2 is 1.67 bits per heavy atom. The van der Waals surface area contributed by atoms with E-state index in [0.29, 0.717) is 17.0 Å². The standard InChI is InChI=1S/C31H30N6O6S2/c1-20-18-21(36(2)3)14-16-24(20)33-29(30-34-25-12-8-9-13-28(25)45(41,42)37(30)4)31(38)35-26-19-23(44(32,39)40)15-17-27(26)43-22-10-6-5-7-11-22/h5-19H,1-4H3,(H,35,38)(H2,32,39,40). The molecule has 232 valence electrons. The van der Waals surface area contributed by atoms with Gasteiger partial charge in [-0.3, -0.25) is 9.10 Å². The number of amidine groups is 1. The maximum Gasteiger partial charge on any atom is 0.278 e. The summed E-state index contributed by atoms with van der Waals surface area (Å²) in [5, 5.41) is 8.04. The number of nitrogens with zero attached hydrogens (tertiary/aromatic N) is 4. The minimum Gasteiger partial charge on any atom is -0.455 e. The number of hydrogen-bond acceptors (Lipinski definition) is 9. The van der Waals surface area contributed by atoms with Crippen LogP contribution in [-0.4, -0.2) is 59.7 Å². The van der Waals surface area contributed by atoms with E-state index in [2.05, 4.69) is 15.3 Å². The molecule has 0 bridgehead atoms. The Morgan fingerprint density at radius 1 is 0.978 bits per heavy atom. The van der Waals surface area contributed by atoms with E-state index in [-0.39, 0.29) is 38.5 Å². The normalized spacial score (nSPS) is 14.3. The summed E-state index contributed by atoms with van der Waals surface area (Å²) in [5.74, 6) is -0.600. The Hall–Kier alpha value is -5.05. The minimum atomic E-state index is -4.17. The van der Waals surface area contributed by atoms with Gasteiger partial charge in [0.15, 0.2) is 17.3 Å². The number of benzene rings is 4. The van der Waals surface area contributed by atoms with E-state index < -0.39 is 26.0 Å². The third-order valence-electron chi connectivity index (χ3n) is 6.88. The van der Waals surface area contributed by atoms with Crippen LogP contribution in [0.5, 0.6) is 11.5 Å². The summed E-state index contributed by atoms with van der Waals surface area (Å²) in [6, 6.07) is 23.9. The van der Waals surface area contributed by atoms with Crippen molar-refractivity contribution in [3.05, 3.63) is 96.6 Å². The van der Waals surface area contributed by atoms with Crippen molar-refractivity contribution in [3.63, 3.8) is 0 Å². The van der Waals surface area contributed by atoms with Gasteiger partial charge in [0.1, 0.15) is 10.6 Å². The molecule has 1 amide bonds. The van der Waals surface area contributed by atoms with Crippen LogP contribution in [0, 0.1) is 6.92 Å². The van der Waals surface area contributed by atoms with Crippen molar-refractivity contribution in [2.45, 2.75) is 16.7 Å². The summed E-state index contributed by atoms with van der Waals surface area (Å²) < 4.78 is 58.3. The van der Waals surface area contributed by atoms with Gasteiger partial charge < -0.3 is 15.0 Å². The maximum absolute atomic E-state index is 14.1. The third-order valence-corrected chi connectivity index (χ3v) is 9.59. The van der Waals surface area contributed by atoms with E-state index in [1.54, 1.807) is 61.5 Å². The highest BCUT2D eigenvalue weighted by molar-refractivity contribution is 7.90. The SMILES string of the molecule is Cc1cc(N(C)C)ccc1N=C(C(=O)Nc1cc(S(N)(=O)=O)ccc1Oc1ccccc1)C1=Nc2ccccc2S(=O)(=O)N1C. The van der Waals surface area contributed by atoms with Crippen molar-refractivity contribution < 1.29 is 26.4 Å². The molecule has 0 spiro atoms. The summed E-state index contributed by atoms with van der Waals surface area (Å²) in [4.78, 5) is 24.9. The lowest BCUT2D eigenvalue weighted by Crippen LogP contribution is -2.44. The van der Waals surface area contributed by atoms with Gasteiger partial charge in [-0.1, -0.05) is 30.3 Å². The van der Waals surface area contributed by atoms with Gasteiger partial charge >= 0.3 is 0 Å². The number of para-hydroxylation sites is 2. The number of sulfonamides is 2. The molecule has 0 aliphatic carbocycles. The lowest BCUT2D eigenvalue weighted by Gasteiger charge is -2.27. The summed E-state index contributed by atoms with van der Waals surface area (Å²) in [7, 11) is -3.22. The zero-order chi connectivity index (χ0) is 32.5. The average molecular weight is 647 g/mol. The Morgan fingerprint density at radius 3 is 2.33 bits per heavy atom. The van der Waals surface area contributed by atoms with Crippen LogP contribution < -0.4 is 20.1 Å². The molecular weight excluding hydrogens is 617 g/mol. The van der Waals surface area contributed by atoms with Gasteiger partial charge in [0.2, 0.25) is 10.0 Å². The minimum absolute atomic E-state index is 0.0260. The number of nitrogens with two attached hydrogens (primary N) is 1. The summed E-state index contributed by atoms with van der Waals surface area (Å²) in [6.45, 7) is 1.81. The van der Waals surface area contributed by atoms with E-state index in [4.69, 9.17) is 9.88 Å². The molecule has 0 saturated heterocycles. The monoisotopic (exact) mass is 646 g/mol. The molecule has 3 N–H and O–H groups in total. The molecule has 0 saturated carbocycles. The van der Waals surface area contributed by atoms with Gasteiger partial charge in [-0.05, 0) is 73.2 Å². The molecule has 14 heteroatoms. The molecule has 0 radical (unpaired) electrons. The smallest absolute Gasteiger partial charge is 0.278 e.